The second kappa shape index (κ2) is 7.81. The van der Waals surface area contributed by atoms with Gasteiger partial charge in [0.15, 0.2) is 0 Å². The fraction of sp³-hybridized carbons (Fsp3) is 0.235. The summed E-state index contributed by atoms with van der Waals surface area (Å²) in [7, 11) is 0. The lowest BCUT2D eigenvalue weighted by atomic mass is 10.0. The van der Waals surface area contributed by atoms with Gasteiger partial charge in [0.2, 0.25) is 0 Å². The van der Waals surface area contributed by atoms with E-state index in [1.165, 1.54) is 0 Å². The van der Waals surface area contributed by atoms with Gasteiger partial charge in [0, 0.05) is 0 Å². The average molecular weight is 318 g/mol. The SMILES string of the molecule is N#Cc1ccc(C(O)C(O)CCl)cc1OCc1ccccc1. The second-order valence-corrected chi connectivity index (χ2v) is 5.12. The van der Waals surface area contributed by atoms with Crippen LogP contribution in [0.4, 0.5) is 0 Å². The molecule has 2 unspecified atom stereocenters. The van der Waals surface area contributed by atoms with Crippen LogP contribution in [0.3, 0.4) is 0 Å². The summed E-state index contributed by atoms with van der Waals surface area (Å²) in [6, 6.07) is 16.3. The van der Waals surface area contributed by atoms with Crippen LogP contribution in [0, 0.1) is 11.3 Å². The molecule has 0 spiro atoms. The highest BCUT2D eigenvalue weighted by atomic mass is 35.5. The second-order valence-electron chi connectivity index (χ2n) is 4.81. The van der Waals surface area contributed by atoms with E-state index in [4.69, 9.17) is 21.6 Å². The van der Waals surface area contributed by atoms with E-state index in [-0.39, 0.29) is 5.88 Å². The number of hydrogen-bond acceptors (Lipinski definition) is 4. The molecule has 0 heterocycles. The third-order valence-electron chi connectivity index (χ3n) is 3.23. The van der Waals surface area contributed by atoms with Gasteiger partial charge in [-0.25, -0.2) is 0 Å². The monoisotopic (exact) mass is 317 g/mol. The van der Waals surface area contributed by atoms with Crippen molar-refractivity contribution >= 4 is 11.6 Å². The number of nitrogens with zero attached hydrogens (tertiary/aromatic N) is 1. The molecule has 5 heteroatoms. The lowest BCUT2D eigenvalue weighted by molar-refractivity contribution is 0.0325. The minimum atomic E-state index is -1.12. The van der Waals surface area contributed by atoms with E-state index in [0.29, 0.717) is 23.5 Å². The van der Waals surface area contributed by atoms with Crippen LogP contribution in [0.5, 0.6) is 5.75 Å². The average Bonchev–Trinajstić information content (AvgIpc) is 2.59. The first kappa shape index (κ1) is 16.3. The lowest BCUT2D eigenvalue weighted by Gasteiger charge is -2.17. The Morgan fingerprint density at radius 2 is 1.86 bits per heavy atom. The number of ether oxygens (including phenoxy) is 1. The van der Waals surface area contributed by atoms with Crippen molar-refractivity contribution in [2.24, 2.45) is 0 Å². The normalized spacial score (nSPS) is 13.2. The molecule has 2 atom stereocenters. The molecule has 0 bridgehead atoms. The minimum absolute atomic E-state index is 0.0820. The highest BCUT2D eigenvalue weighted by Crippen LogP contribution is 2.26. The molecule has 2 aromatic rings. The van der Waals surface area contributed by atoms with Gasteiger partial charge < -0.3 is 14.9 Å². The van der Waals surface area contributed by atoms with E-state index in [1.807, 2.05) is 36.4 Å². The van der Waals surface area contributed by atoms with Crippen LogP contribution in [-0.2, 0) is 6.61 Å². The summed E-state index contributed by atoms with van der Waals surface area (Å²) in [6.07, 6.45) is -2.19. The van der Waals surface area contributed by atoms with E-state index in [0.717, 1.165) is 5.56 Å². The quantitative estimate of drug-likeness (QED) is 0.803. The maximum absolute atomic E-state index is 9.99. The molecule has 0 radical (unpaired) electrons. The Morgan fingerprint density at radius 1 is 1.14 bits per heavy atom. The van der Waals surface area contributed by atoms with Crippen molar-refractivity contribution in [1.82, 2.24) is 0 Å². The van der Waals surface area contributed by atoms with Crippen LogP contribution in [-0.4, -0.2) is 22.2 Å². The zero-order valence-corrected chi connectivity index (χ0v) is 12.6. The summed E-state index contributed by atoms with van der Waals surface area (Å²) in [5, 5.41) is 28.7. The minimum Gasteiger partial charge on any atom is -0.488 e. The number of alkyl halides is 1. The molecular weight excluding hydrogens is 302 g/mol. The molecular formula is C17H16ClNO3. The van der Waals surface area contributed by atoms with Crippen molar-refractivity contribution in [3.63, 3.8) is 0 Å². The van der Waals surface area contributed by atoms with Crippen LogP contribution < -0.4 is 4.74 Å². The van der Waals surface area contributed by atoms with Crippen molar-refractivity contribution in [2.45, 2.75) is 18.8 Å². The van der Waals surface area contributed by atoms with Crippen LogP contribution in [0.15, 0.2) is 48.5 Å². The molecule has 2 aromatic carbocycles. The molecule has 0 aliphatic carbocycles. The van der Waals surface area contributed by atoms with E-state index < -0.39 is 12.2 Å². The Balaban J connectivity index is 2.20. The van der Waals surface area contributed by atoms with Gasteiger partial charge in [0.05, 0.1) is 17.5 Å². The molecule has 0 saturated heterocycles. The molecule has 0 saturated carbocycles. The first-order valence-corrected chi connectivity index (χ1v) is 7.32. The summed E-state index contributed by atoms with van der Waals surface area (Å²) in [4.78, 5) is 0. The summed E-state index contributed by atoms with van der Waals surface area (Å²) in [5.74, 6) is 0.283. The third kappa shape index (κ3) is 3.99. The highest BCUT2D eigenvalue weighted by molar-refractivity contribution is 6.18. The molecule has 0 fully saturated rings. The van der Waals surface area contributed by atoms with Crippen molar-refractivity contribution in [3.05, 3.63) is 65.2 Å². The van der Waals surface area contributed by atoms with Gasteiger partial charge >= 0.3 is 0 Å². The van der Waals surface area contributed by atoms with E-state index in [2.05, 4.69) is 0 Å². The van der Waals surface area contributed by atoms with Crippen molar-refractivity contribution in [1.29, 1.82) is 5.26 Å². The zero-order chi connectivity index (χ0) is 15.9. The number of aliphatic hydroxyl groups excluding tert-OH is 2. The number of halogens is 1. The maximum Gasteiger partial charge on any atom is 0.137 e. The Morgan fingerprint density at radius 3 is 2.50 bits per heavy atom. The number of hydrogen-bond donors (Lipinski definition) is 2. The van der Waals surface area contributed by atoms with Gasteiger partial charge in [-0.15, -0.1) is 11.6 Å². The summed E-state index contributed by atoms with van der Waals surface area (Å²) >= 11 is 5.54. The van der Waals surface area contributed by atoms with Crippen molar-refractivity contribution in [3.8, 4) is 11.8 Å². The maximum atomic E-state index is 9.99. The number of rotatable bonds is 6. The van der Waals surface area contributed by atoms with Gasteiger partial charge in [0.25, 0.3) is 0 Å². The van der Waals surface area contributed by atoms with Crippen molar-refractivity contribution in [2.75, 3.05) is 5.88 Å². The Bertz CT molecular complexity index is 655. The smallest absolute Gasteiger partial charge is 0.137 e. The molecule has 2 N–H and O–H groups in total. The van der Waals surface area contributed by atoms with Crippen LogP contribution in [0.25, 0.3) is 0 Å². The van der Waals surface area contributed by atoms with E-state index in [1.54, 1.807) is 18.2 Å². The standard InChI is InChI=1S/C17H16ClNO3/c18-9-15(20)17(21)13-6-7-14(10-19)16(8-13)22-11-12-4-2-1-3-5-12/h1-8,15,17,20-21H,9,11H2. The summed E-state index contributed by atoms with van der Waals surface area (Å²) in [6.45, 7) is 0.313. The number of benzene rings is 2. The van der Waals surface area contributed by atoms with Gasteiger partial charge in [-0.05, 0) is 23.3 Å². The van der Waals surface area contributed by atoms with Crippen molar-refractivity contribution < 1.29 is 14.9 Å². The van der Waals surface area contributed by atoms with Gasteiger partial charge in [-0.3, -0.25) is 0 Å². The van der Waals surface area contributed by atoms with Gasteiger partial charge in [-0.2, -0.15) is 5.26 Å². The van der Waals surface area contributed by atoms with Gasteiger partial charge in [-0.1, -0.05) is 36.4 Å². The largest absolute Gasteiger partial charge is 0.488 e. The summed E-state index contributed by atoms with van der Waals surface area (Å²) in [5.41, 5.74) is 1.79. The van der Waals surface area contributed by atoms with E-state index in [9.17, 15) is 10.2 Å². The molecule has 114 valence electrons. The predicted molar refractivity (Wildman–Crippen MR) is 83.6 cm³/mol. The van der Waals surface area contributed by atoms with Crippen LogP contribution in [0.2, 0.25) is 0 Å². The topological polar surface area (TPSA) is 73.5 Å². The molecule has 4 nitrogen and oxygen atoms in total. The Hall–Kier alpha value is -2.06. The third-order valence-corrected chi connectivity index (χ3v) is 3.54. The first-order chi connectivity index (χ1) is 10.7. The molecule has 0 amide bonds. The fourth-order valence-corrected chi connectivity index (χ4v) is 2.15. The summed E-state index contributed by atoms with van der Waals surface area (Å²) < 4.78 is 5.67. The van der Waals surface area contributed by atoms with Gasteiger partial charge in [0.1, 0.15) is 24.5 Å². The molecule has 0 aliphatic rings. The molecule has 0 aromatic heterocycles. The molecule has 22 heavy (non-hydrogen) atoms. The number of nitriles is 1. The molecule has 0 aliphatic heterocycles. The first-order valence-electron chi connectivity index (χ1n) is 6.78. The van der Waals surface area contributed by atoms with Crippen LogP contribution in [0.1, 0.15) is 22.8 Å². The Kier molecular flexibility index (Phi) is 5.79. The zero-order valence-electron chi connectivity index (χ0n) is 11.8. The van der Waals surface area contributed by atoms with Crippen LogP contribution >= 0.6 is 11.6 Å². The van der Waals surface area contributed by atoms with E-state index >= 15 is 0 Å². The Labute approximate surface area is 134 Å². The number of aliphatic hydroxyl groups is 2. The predicted octanol–water partition coefficient (Wildman–Crippen LogP) is 2.77. The molecule has 2 rings (SSSR count). The highest BCUT2D eigenvalue weighted by Gasteiger charge is 2.19. The lowest BCUT2D eigenvalue weighted by Crippen LogP contribution is -2.19. The fourth-order valence-electron chi connectivity index (χ4n) is 1.98.